The minimum Gasteiger partial charge on any atom is -0.207 e. The molecule has 0 saturated carbocycles. The van der Waals surface area contributed by atoms with Crippen LogP contribution in [0.25, 0.3) is 0 Å². The lowest BCUT2D eigenvalue weighted by Crippen LogP contribution is -2.34. The predicted octanol–water partition coefficient (Wildman–Crippen LogP) is 3.95. The Morgan fingerprint density at radius 1 is 1.13 bits per heavy atom. The van der Waals surface area contributed by atoms with Crippen LogP contribution in [-0.2, 0) is 16.4 Å². The lowest BCUT2D eigenvalue weighted by Gasteiger charge is -2.15. The SMILES string of the molecule is Cc1ccc(S(=O)(=O)N[C@H](C=C=CBr)Cc2ccccc2)cc1. The summed E-state index contributed by atoms with van der Waals surface area (Å²) in [5, 5.41) is 0. The van der Waals surface area contributed by atoms with Crippen molar-refractivity contribution in [1.82, 2.24) is 4.72 Å². The second-order valence-electron chi connectivity index (χ2n) is 5.17. The fourth-order valence-corrected chi connectivity index (χ4v) is 3.47. The van der Waals surface area contributed by atoms with Crippen LogP contribution in [-0.4, -0.2) is 14.5 Å². The molecule has 5 heteroatoms. The Balaban J connectivity index is 2.23. The number of hydrogen-bond donors (Lipinski definition) is 1. The van der Waals surface area contributed by atoms with Crippen molar-refractivity contribution >= 4 is 26.0 Å². The molecule has 0 spiro atoms. The molecule has 23 heavy (non-hydrogen) atoms. The summed E-state index contributed by atoms with van der Waals surface area (Å²) in [4.78, 5) is 1.84. The van der Waals surface area contributed by atoms with Gasteiger partial charge in [0.2, 0.25) is 10.0 Å². The smallest absolute Gasteiger partial charge is 0.207 e. The lowest BCUT2D eigenvalue weighted by molar-refractivity contribution is 0.570. The van der Waals surface area contributed by atoms with Gasteiger partial charge >= 0.3 is 0 Å². The highest BCUT2D eigenvalue weighted by atomic mass is 79.9. The van der Waals surface area contributed by atoms with E-state index >= 15 is 0 Å². The molecule has 0 unspecified atom stereocenters. The van der Waals surface area contributed by atoms with Crippen LogP contribution in [0.5, 0.6) is 0 Å². The van der Waals surface area contributed by atoms with Crippen LogP contribution in [0, 0.1) is 6.92 Å². The minimum absolute atomic E-state index is 0.261. The Morgan fingerprint density at radius 2 is 1.78 bits per heavy atom. The summed E-state index contributed by atoms with van der Waals surface area (Å²) >= 11 is 3.15. The monoisotopic (exact) mass is 391 g/mol. The Kier molecular flexibility index (Phi) is 6.37. The fourth-order valence-electron chi connectivity index (χ4n) is 2.14. The molecule has 2 aromatic rings. The van der Waals surface area contributed by atoms with Crippen LogP contribution in [0.2, 0.25) is 0 Å². The van der Waals surface area contributed by atoms with Crippen molar-refractivity contribution in [2.24, 2.45) is 0 Å². The summed E-state index contributed by atoms with van der Waals surface area (Å²) in [7, 11) is -3.58. The number of sulfonamides is 1. The molecule has 0 aromatic heterocycles. The summed E-state index contributed by atoms with van der Waals surface area (Å²) in [6.45, 7) is 1.92. The van der Waals surface area contributed by atoms with Crippen molar-refractivity contribution in [2.45, 2.75) is 24.3 Å². The van der Waals surface area contributed by atoms with Gasteiger partial charge in [0.25, 0.3) is 0 Å². The van der Waals surface area contributed by atoms with Gasteiger partial charge in [-0.05, 0) is 37.1 Å². The summed E-state index contributed by atoms with van der Waals surface area (Å²) in [6, 6.07) is 16.2. The van der Waals surface area contributed by atoms with Crippen LogP contribution >= 0.6 is 15.9 Å². The van der Waals surface area contributed by atoms with E-state index in [1.54, 1.807) is 35.3 Å². The number of nitrogens with one attached hydrogen (secondary N) is 1. The maximum atomic E-state index is 12.5. The predicted molar refractivity (Wildman–Crippen MR) is 97.0 cm³/mol. The van der Waals surface area contributed by atoms with E-state index in [0.29, 0.717) is 6.42 Å². The van der Waals surface area contributed by atoms with Gasteiger partial charge in [-0.3, -0.25) is 0 Å². The van der Waals surface area contributed by atoms with Crippen LogP contribution in [0.1, 0.15) is 11.1 Å². The van der Waals surface area contributed by atoms with E-state index in [2.05, 4.69) is 26.4 Å². The number of hydrogen-bond acceptors (Lipinski definition) is 2. The Bertz CT molecular complexity index is 793. The molecule has 1 atom stereocenters. The summed E-state index contributed by atoms with van der Waals surface area (Å²) in [5.41, 5.74) is 4.96. The molecule has 0 aliphatic heterocycles. The number of halogens is 1. The van der Waals surface area contributed by atoms with Gasteiger partial charge in [0, 0.05) is 4.99 Å². The number of aryl methyl sites for hydroxylation is 1. The van der Waals surface area contributed by atoms with E-state index in [-0.39, 0.29) is 10.9 Å². The normalized spacial score (nSPS) is 12.3. The molecular formula is C18H18BrNO2S. The van der Waals surface area contributed by atoms with E-state index in [0.717, 1.165) is 11.1 Å². The van der Waals surface area contributed by atoms with Gasteiger partial charge in [-0.2, -0.15) is 0 Å². The zero-order valence-corrected chi connectivity index (χ0v) is 15.1. The first-order valence-electron chi connectivity index (χ1n) is 7.15. The standard InChI is InChI=1S/C18H18BrNO2S/c1-15-9-11-18(12-10-15)23(21,22)20-17(8-5-13-19)14-16-6-3-2-4-7-16/h2-4,6-13,17,20H,14H2,1H3/t5?,17-/m1/s1. The van der Waals surface area contributed by atoms with Gasteiger partial charge in [0.1, 0.15) is 0 Å². The van der Waals surface area contributed by atoms with Crippen molar-refractivity contribution in [3.8, 4) is 0 Å². The van der Waals surface area contributed by atoms with Crippen LogP contribution in [0.15, 0.2) is 76.3 Å². The molecule has 0 saturated heterocycles. The molecule has 3 nitrogen and oxygen atoms in total. The number of benzene rings is 2. The molecule has 0 bridgehead atoms. The van der Waals surface area contributed by atoms with Crippen molar-refractivity contribution in [1.29, 1.82) is 0 Å². The van der Waals surface area contributed by atoms with Gasteiger partial charge in [-0.1, -0.05) is 64.0 Å². The van der Waals surface area contributed by atoms with E-state index in [1.165, 1.54) is 0 Å². The highest BCUT2D eigenvalue weighted by molar-refractivity contribution is 9.11. The zero-order chi connectivity index (χ0) is 16.7. The molecule has 0 aliphatic carbocycles. The maximum absolute atomic E-state index is 12.5. The quantitative estimate of drug-likeness (QED) is 0.757. The summed E-state index contributed by atoms with van der Waals surface area (Å²) in [5.74, 6) is 0. The molecule has 0 aliphatic rings. The van der Waals surface area contributed by atoms with Crippen molar-refractivity contribution in [3.63, 3.8) is 0 Å². The van der Waals surface area contributed by atoms with Crippen molar-refractivity contribution in [2.75, 3.05) is 0 Å². The van der Waals surface area contributed by atoms with Crippen molar-refractivity contribution in [3.05, 3.63) is 82.5 Å². The van der Waals surface area contributed by atoms with E-state index < -0.39 is 10.0 Å². The van der Waals surface area contributed by atoms with E-state index in [4.69, 9.17) is 0 Å². The van der Waals surface area contributed by atoms with E-state index in [9.17, 15) is 8.42 Å². The Morgan fingerprint density at radius 3 is 2.39 bits per heavy atom. The van der Waals surface area contributed by atoms with E-state index in [1.807, 2.05) is 37.3 Å². The second-order valence-corrected chi connectivity index (χ2v) is 7.34. The molecule has 2 rings (SSSR count). The first kappa shape index (κ1) is 17.7. The molecular weight excluding hydrogens is 374 g/mol. The fraction of sp³-hybridized carbons (Fsp3) is 0.167. The third-order valence-corrected chi connectivity index (χ3v) is 5.07. The van der Waals surface area contributed by atoms with Gasteiger partial charge in [-0.25, -0.2) is 13.1 Å². The van der Waals surface area contributed by atoms with Crippen molar-refractivity contribution < 1.29 is 8.42 Å². The first-order chi connectivity index (χ1) is 11.0. The van der Waals surface area contributed by atoms with Crippen LogP contribution in [0.4, 0.5) is 0 Å². The molecule has 120 valence electrons. The van der Waals surface area contributed by atoms with Crippen LogP contribution < -0.4 is 4.72 Å². The highest BCUT2D eigenvalue weighted by Crippen LogP contribution is 2.12. The average Bonchev–Trinajstić information content (AvgIpc) is 2.54. The zero-order valence-electron chi connectivity index (χ0n) is 12.7. The first-order valence-corrected chi connectivity index (χ1v) is 9.55. The molecule has 0 amide bonds. The topological polar surface area (TPSA) is 46.2 Å². The third kappa shape index (κ3) is 5.48. The largest absolute Gasteiger partial charge is 0.241 e. The molecule has 0 fully saturated rings. The highest BCUT2D eigenvalue weighted by Gasteiger charge is 2.18. The summed E-state index contributed by atoms with van der Waals surface area (Å²) in [6.07, 6.45) is 2.26. The van der Waals surface area contributed by atoms with Gasteiger partial charge in [0.15, 0.2) is 0 Å². The molecule has 1 N–H and O–H groups in total. The summed E-state index contributed by atoms with van der Waals surface area (Å²) < 4.78 is 27.8. The lowest BCUT2D eigenvalue weighted by atomic mass is 10.1. The Labute approximate surface area is 145 Å². The number of rotatable bonds is 6. The van der Waals surface area contributed by atoms with Gasteiger partial charge in [0.05, 0.1) is 10.9 Å². The average molecular weight is 392 g/mol. The molecule has 0 heterocycles. The Hall–Kier alpha value is -1.65. The van der Waals surface area contributed by atoms with Crippen LogP contribution in [0.3, 0.4) is 0 Å². The van der Waals surface area contributed by atoms with Gasteiger partial charge < -0.3 is 0 Å². The molecule has 0 radical (unpaired) electrons. The second kappa shape index (κ2) is 8.27. The third-order valence-electron chi connectivity index (χ3n) is 3.30. The maximum Gasteiger partial charge on any atom is 0.241 e. The molecule has 2 aromatic carbocycles. The van der Waals surface area contributed by atoms with Gasteiger partial charge in [-0.15, -0.1) is 5.73 Å². The minimum atomic E-state index is -3.58.